The molecule has 1 atom stereocenters. The van der Waals surface area contributed by atoms with Gasteiger partial charge >= 0.3 is 5.97 Å². The number of carbonyl (C=O) groups excluding carboxylic acids is 1. The molecule has 0 aromatic rings. The second kappa shape index (κ2) is 6.95. The molecule has 17 heavy (non-hydrogen) atoms. The standard InChI is InChI=1S/C13H19NO3/c1-2-3-9-11(15)14-12(13(16)17)10-7-5-4-6-8-10/h1,10,12H,3-9H2,(H,14,15)(H,16,17). The zero-order valence-corrected chi connectivity index (χ0v) is 9.95. The number of carbonyl (C=O) groups is 2. The van der Waals surface area contributed by atoms with E-state index in [1.165, 1.54) is 0 Å². The second-order valence-electron chi connectivity index (χ2n) is 4.49. The van der Waals surface area contributed by atoms with Crippen molar-refractivity contribution < 1.29 is 14.7 Å². The number of terminal acetylenes is 1. The first-order valence-corrected chi connectivity index (χ1v) is 6.10. The highest BCUT2D eigenvalue weighted by atomic mass is 16.4. The van der Waals surface area contributed by atoms with E-state index in [0.29, 0.717) is 6.42 Å². The number of hydrogen-bond donors (Lipinski definition) is 2. The average Bonchev–Trinajstić information content (AvgIpc) is 2.34. The van der Waals surface area contributed by atoms with Crippen molar-refractivity contribution in [2.45, 2.75) is 51.0 Å². The lowest BCUT2D eigenvalue weighted by atomic mass is 9.84. The summed E-state index contributed by atoms with van der Waals surface area (Å²) in [4.78, 5) is 22.6. The van der Waals surface area contributed by atoms with Crippen molar-refractivity contribution in [1.82, 2.24) is 5.32 Å². The average molecular weight is 237 g/mol. The molecule has 0 aromatic heterocycles. The number of rotatable bonds is 5. The Hall–Kier alpha value is -1.50. The van der Waals surface area contributed by atoms with E-state index in [4.69, 9.17) is 11.5 Å². The van der Waals surface area contributed by atoms with Crippen LogP contribution in [0.4, 0.5) is 0 Å². The summed E-state index contributed by atoms with van der Waals surface area (Å²) in [7, 11) is 0. The third-order valence-electron chi connectivity index (χ3n) is 3.20. The fourth-order valence-electron chi connectivity index (χ4n) is 2.28. The minimum atomic E-state index is -0.939. The molecule has 0 radical (unpaired) electrons. The van der Waals surface area contributed by atoms with Crippen molar-refractivity contribution in [2.24, 2.45) is 5.92 Å². The summed E-state index contributed by atoms with van der Waals surface area (Å²) in [5, 5.41) is 11.7. The van der Waals surface area contributed by atoms with E-state index in [0.717, 1.165) is 32.1 Å². The predicted molar refractivity (Wildman–Crippen MR) is 64.2 cm³/mol. The first-order chi connectivity index (χ1) is 8.15. The number of aliphatic carboxylic acids is 1. The maximum atomic E-state index is 11.5. The normalized spacial score (nSPS) is 18.1. The lowest BCUT2D eigenvalue weighted by Gasteiger charge is -2.27. The van der Waals surface area contributed by atoms with E-state index in [2.05, 4.69) is 11.2 Å². The smallest absolute Gasteiger partial charge is 0.326 e. The molecule has 2 N–H and O–H groups in total. The van der Waals surface area contributed by atoms with Gasteiger partial charge in [-0.2, -0.15) is 0 Å². The SMILES string of the molecule is C#CCCC(=O)NC(C(=O)O)C1CCCCC1. The molecular weight excluding hydrogens is 218 g/mol. The van der Waals surface area contributed by atoms with Gasteiger partial charge in [0, 0.05) is 12.8 Å². The van der Waals surface area contributed by atoms with Crippen molar-refractivity contribution in [3.8, 4) is 12.3 Å². The molecule has 1 unspecified atom stereocenters. The highest BCUT2D eigenvalue weighted by Crippen LogP contribution is 2.26. The molecular formula is C13H19NO3. The molecule has 0 saturated heterocycles. The van der Waals surface area contributed by atoms with Crippen LogP contribution < -0.4 is 5.32 Å². The Balaban J connectivity index is 2.50. The minimum absolute atomic E-state index is 0.0658. The number of carboxylic acid groups (broad SMARTS) is 1. The van der Waals surface area contributed by atoms with E-state index in [1.807, 2.05) is 0 Å². The molecule has 4 heteroatoms. The summed E-state index contributed by atoms with van der Waals surface area (Å²) in [5.74, 6) is 1.24. The van der Waals surface area contributed by atoms with Gasteiger partial charge in [0.15, 0.2) is 0 Å². The monoisotopic (exact) mass is 237 g/mol. The van der Waals surface area contributed by atoms with Crippen molar-refractivity contribution in [1.29, 1.82) is 0 Å². The molecule has 0 aromatic carbocycles. The van der Waals surface area contributed by atoms with Crippen molar-refractivity contribution in [3.63, 3.8) is 0 Å². The Morgan fingerprint density at radius 1 is 1.35 bits per heavy atom. The molecule has 0 bridgehead atoms. The fraction of sp³-hybridized carbons (Fsp3) is 0.692. The van der Waals surface area contributed by atoms with E-state index in [1.54, 1.807) is 0 Å². The van der Waals surface area contributed by atoms with Gasteiger partial charge in [0.2, 0.25) is 5.91 Å². The van der Waals surface area contributed by atoms with Gasteiger partial charge in [-0.1, -0.05) is 19.3 Å². The zero-order valence-electron chi connectivity index (χ0n) is 9.95. The Bertz CT molecular complexity index is 313. The molecule has 1 aliphatic carbocycles. The van der Waals surface area contributed by atoms with Crippen LogP contribution in [0.15, 0.2) is 0 Å². The van der Waals surface area contributed by atoms with Crippen LogP contribution in [-0.4, -0.2) is 23.0 Å². The number of nitrogens with one attached hydrogen (secondary N) is 1. The lowest BCUT2D eigenvalue weighted by molar-refractivity contribution is -0.143. The maximum absolute atomic E-state index is 11.5. The summed E-state index contributed by atoms with van der Waals surface area (Å²) in [6.45, 7) is 0. The molecule has 1 amide bonds. The van der Waals surface area contributed by atoms with Gasteiger partial charge in [0.25, 0.3) is 0 Å². The fourth-order valence-corrected chi connectivity index (χ4v) is 2.28. The van der Waals surface area contributed by atoms with E-state index < -0.39 is 12.0 Å². The Morgan fingerprint density at radius 2 is 2.00 bits per heavy atom. The topological polar surface area (TPSA) is 66.4 Å². The molecule has 0 aliphatic heterocycles. The maximum Gasteiger partial charge on any atom is 0.326 e. The van der Waals surface area contributed by atoms with Gasteiger partial charge in [-0.3, -0.25) is 4.79 Å². The zero-order chi connectivity index (χ0) is 12.7. The van der Waals surface area contributed by atoms with E-state index in [9.17, 15) is 9.59 Å². The molecule has 94 valence electrons. The van der Waals surface area contributed by atoms with Gasteiger partial charge in [-0.15, -0.1) is 12.3 Å². The summed E-state index contributed by atoms with van der Waals surface area (Å²) in [6.07, 6.45) is 10.6. The number of amides is 1. The molecule has 4 nitrogen and oxygen atoms in total. The van der Waals surface area contributed by atoms with Crippen LogP contribution in [0, 0.1) is 18.3 Å². The first kappa shape index (κ1) is 13.6. The molecule has 1 fully saturated rings. The van der Waals surface area contributed by atoms with Crippen LogP contribution in [0.5, 0.6) is 0 Å². The summed E-state index contributed by atoms with van der Waals surface area (Å²) < 4.78 is 0. The van der Waals surface area contributed by atoms with Crippen LogP contribution in [0.1, 0.15) is 44.9 Å². The second-order valence-corrected chi connectivity index (χ2v) is 4.49. The van der Waals surface area contributed by atoms with E-state index >= 15 is 0 Å². The van der Waals surface area contributed by atoms with Gasteiger partial charge in [-0.05, 0) is 18.8 Å². The molecule has 0 heterocycles. The third kappa shape index (κ3) is 4.48. The van der Waals surface area contributed by atoms with Gasteiger partial charge in [-0.25, -0.2) is 4.79 Å². The Kier molecular flexibility index (Phi) is 5.55. The third-order valence-corrected chi connectivity index (χ3v) is 3.20. The summed E-state index contributed by atoms with van der Waals surface area (Å²) in [5.41, 5.74) is 0. The number of carboxylic acids is 1. The van der Waals surface area contributed by atoms with Crippen LogP contribution in [0.25, 0.3) is 0 Å². The highest BCUT2D eigenvalue weighted by molar-refractivity contribution is 5.83. The van der Waals surface area contributed by atoms with Gasteiger partial charge in [0.1, 0.15) is 6.04 Å². The Labute approximate surface area is 102 Å². The van der Waals surface area contributed by atoms with E-state index in [-0.39, 0.29) is 18.2 Å². The van der Waals surface area contributed by atoms with Crippen LogP contribution in [0.3, 0.4) is 0 Å². The van der Waals surface area contributed by atoms with Crippen molar-refractivity contribution in [3.05, 3.63) is 0 Å². The molecule has 1 aliphatic rings. The summed E-state index contributed by atoms with van der Waals surface area (Å²) >= 11 is 0. The quantitative estimate of drug-likeness (QED) is 0.713. The van der Waals surface area contributed by atoms with Gasteiger partial charge < -0.3 is 10.4 Å². The number of hydrogen-bond acceptors (Lipinski definition) is 2. The first-order valence-electron chi connectivity index (χ1n) is 6.10. The predicted octanol–water partition coefficient (Wildman–Crippen LogP) is 1.55. The largest absolute Gasteiger partial charge is 0.480 e. The van der Waals surface area contributed by atoms with Crippen molar-refractivity contribution >= 4 is 11.9 Å². The lowest BCUT2D eigenvalue weighted by Crippen LogP contribution is -2.46. The highest BCUT2D eigenvalue weighted by Gasteiger charge is 2.30. The van der Waals surface area contributed by atoms with Gasteiger partial charge in [0.05, 0.1) is 0 Å². The molecule has 0 spiro atoms. The minimum Gasteiger partial charge on any atom is -0.480 e. The summed E-state index contributed by atoms with van der Waals surface area (Å²) in [6, 6.07) is -0.749. The molecule has 1 rings (SSSR count). The van der Waals surface area contributed by atoms with Crippen molar-refractivity contribution in [2.75, 3.05) is 0 Å². The van der Waals surface area contributed by atoms with Crippen LogP contribution >= 0.6 is 0 Å². The van der Waals surface area contributed by atoms with Crippen LogP contribution in [-0.2, 0) is 9.59 Å². The Morgan fingerprint density at radius 3 is 2.53 bits per heavy atom. The molecule has 1 saturated carbocycles. The van der Waals surface area contributed by atoms with Crippen LogP contribution in [0.2, 0.25) is 0 Å².